The van der Waals surface area contributed by atoms with Crippen LogP contribution in [0.25, 0.3) is 11.1 Å². The molecule has 6 aromatic rings. The first-order chi connectivity index (χ1) is 33.3. The Balaban J connectivity index is 1.20. The summed E-state index contributed by atoms with van der Waals surface area (Å²) in [5.41, 5.74) is 9.28. The molecule has 0 bridgehead atoms. The lowest BCUT2D eigenvalue weighted by Gasteiger charge is -2.19. The number of halogens is 2. The fourth-order valence-corrected chi connectivity index (χ4v) is 7.66. The van der Waals surface area contributed by atoms with Gasteiger partial charge in [-0.2, -0.15) is 5.26 Å². The summed E-state index contributed by atoms with van der Waals surface area (Å²) < 4.78 is 25.1. The van der Waals surface area contributed by atoms with Crippen molar-refractivity contribution in [2.24, 2.45) is 4.99 Å². The minimum Gasteiger partial charge on any atom is -0.488 e. The van der Waals surface area contributed by atoms with Gasteiger partial charge in [-0.1, -0.05) is 59.6 Å². The number of carboxylic acids is 2. The number of aliphatic hydroxyl groups excluding tert-OH is 2. The van der Waals surface area contributed by atoms with Crippen LogP contribution in [0.4, 0.5) is 0 Å². The van der Waals surface area contributed by atoms with E-state index in [1.54, 1.807) is 62.2 Å². The minimum absolute atomic E-state index is 0.00649. The molecular formula is C51H50Cl2N6O10. The molecule has 6 rings (SSSR count). The van der Waals surface area contributed by atoms with Crippen molar-refractivity contribution in [1.82, 2.24) is 20.6 Å². The van der Waals surface area contributed by atoms with E-state index >= 15 is 0 Å². The van der Waals surface area contributed by atoms with E-state index in [4.69, 9.17) is 42.1 Å². The van der Waals surface area contributed by atoms with Gasteiger partial charge in [-0.05, 0) is 71.5 Å². The Morgan fingerprint density at radius 3 is 1.58 bits per heavy atom. The number of pyridine rings is 2. The van der Waals surface area contributed by atoms with Crippen LogP contribution in [-0.4, -0.2) is 80.9 Å². The molecule has 0 saturated carbocycles. The highest BCUT2D eigenvalue weighted by atomic mass is 35.5. The van der Waals surface area contributed by atoms with Crippen LogP contribution in [0, 0.1) is 25.2 Å². The molecule has 2 aromatic heterocycles. The molecule has 0 spiro atoms. The highest BCUT2D eigenvalue weighted by Gasteiger charge is 2.21. The second kappa shape index (κ2) is 24.8. The maximum Gasteiger partial charge on any atom is 0.323 e. The number of carbonyl (C=O) groups is 2. The van der Waals surface area contributed by atoms with Crippen molar-refractivity contribution in [1.29, 1.82) is 5.26 Å². The highest BCUT2D eigenvalue weighted by molar-refractivity contribution is 6.32. The van der Waals surface area contributed by atoms with E-state index in [9.17, 15) is 35.3 Å². The molecule has 358 valence electrons. The zero-order valence-electron chi connectivity index (χ0n) is 37.9. The Kier molecular flexibility index (Phi) is 18.4. The van der Waals surface area contributed by atoms with Crippen molar-refractivity contribution in [3.63, 3.8) is 0 Å². The molecule has 0 unspecified atom stereocenters. The van der Waals surface area contributed by atoms with E-state index in [1.807, 2.05) is 56.3 Å². The quantitative estimate of drug-likeness (QED) is 0.0325. The van der Waals surface area contributed by atoms with Crippen LogP contribution in [0.5, 0.6) is 23.0 Å². The standard InChI is InChI=1S/C51H50Cl2N6O10/c1-30-36(28-68-48-14-46(66-26-34-10-32(16-54)18-56-20-34)38(12-42(48)52)22-58-44(24-60)50(62)63)6-4-8-40(30)41-9-5-7-37(31(41)2)29-69-49-15-47(67-27-35-11-33(17-55-3)19-57-21-35)39(13-43(49)53)23-59-45(25-61)51(64)65/h4-15,17-21,44-45,58-61H,22-29H2,1-3H3,(H,62,63)(H,64,65)/b55-17+/t44-,45+/m0/s1. The predicted octanol–water partition coefficient (Wildman–Crippen LogP) is 7.37. The fourth-order valence-electron chi connectivity index (χ4n) is 7.17. The molecule has 0 aliphatic carbocycles. The minimum atomic E-state index is -1.22. The van der Waals surface area contributed by atoms with Crippen LogP contribution in [0.15, 0.2) is 103 Å². The smallest absolute Gasteiger partial charge is 0.323 e. The fraction of sp³-hybridized carbons (Fsp3) is 0.255. The molecule has 0 aliphatic heterocycles. The van der Waals surface area contributed by atoms with Gasteiger partial charge < -0.3 is 39.4 Å². The third-order valence-corrected chi connectivity index (χ3v) is 11.6. The van der Waals surface area contributed by atoms with Crippen LogP contribution in [0.1, 0.15) is 55.6 Å². The molecule has 2 atom stereocenters. The van der Waals surface area contributed by atoms with Gasteiger partial charge in [0.15, 0.2) is 0 Å². The average Bonchev–Trinajstić information content (AvgIpc) is 3.34. The summed E-state index contributed by atoms with van der Waals surface area (Å²) in [6, 6.07) is 21.6. The number of benzene rings is 4. The van der Waals surface area contributed by atoms with E-state index < -0.39 is 37.2 Å². The molecule has 6 N–H and O–H groups in total. The number of ether oxygens (including phenoxy) is 4. The summed E-state index contributed by atoms with van der Waals surface area (Å²) in [4.78, 5) is 35.6. The number of rotatable bonds is 24. The van der Waals surface area contributed by atoms with Crippen LogP contribution < -0.4 is 29.6 Å². The number of nitrogens with one attached hydrogen (secondary N) is 2. The largest absolute Gasteiger partial charge is 0.488 e. The second-order valence-corrected chi connectivity index (χ2v) is 16.5. The van der Waals surface area contributed by atoms with Crippen LogP contribution in [0.2, 0.25) is 10.0 Å². The first-order valence-corrected chi connectivity index (χ1v) is 22.2. The lowest BCUT2D eigenvalue weighted by Crippen LogP contribution is -2.39. The normalized spacial score (nSPS) is 12.0. The van der Waals surface area contributed by atoms with Gasteiger partial charge in [-0.15, -0.1) is 0 Å². The predicted molar refractivity (Wildman–Crippen MR) is 259 cm³/mol. The number of aromatic nitrogens is 2. The molecule has 0 radical (unpaired) electrons. The molecular weight excluding hydrogens is 927 g/mol. The number of hydrogen-bond acceptors (Lipinski definition) is 14. The van der Waals surface area contributed by atoms with Gasteiger partial charge in [0.25, 0.3) is 0 Å². The molecule has 0 fully saturated rings. The molecule has 0 amide bonds. The third-order valence-electron chi connectivity index (χ3n) is 11.0. The van der Waals surface area contributed by atoms with E-state index in [0.717, 1.165) is 44.5 Å². The van der Waals surface area contributed by atoms with Crippen molar-refractivity contribution < 1.29 is 49.0 Å². The number of aliphatic carboxylic acids is 2. The summed E-state index contributed by atoms with van der Waals surface area (Å²) in [6.45, 7) is 3.29. The zero-order chi connectivity index (χ0) is 49.5. The maximum absolute atomic E-state index is 11.6. The van der Waals surface area contributed by atoms with E-state index in [1.165, 1.54) is 6.20 Å². The average molecular weight is 978 g/mol. The van der Waals surface area contributed by atoms with Gasteiger partial charge in [-0.25, -0.2) is 0 Å². The van der Waals surface area contributed by atoms with Gasteiger partial charge >= 0.3 is 11.9 Å². The number of nitriles is 1. The van der Waals surface area contributed by atoms with Crippen molar-refractivity contribution >= 4 is 41.4 Å². The lowest BCUT2D eigenvalue weighted by molar-refractivity contribution is -0.141. The molecule has 0 saturated heterocycles. The summed E-state index contributed by atoms with van der Waals surface area (Å²) in [6.07, 6.45) is 8.05. The Labute approximate surface area is 408 Å². The Hall–Kier alpha value is -7.10. The third kappa shape index (κ3) is 13.8. The van der Waals surface area contributed by atoms with Crippen molar-refractivity contribution in [3.8, 4) is 40.2 Å². The Bertz CT molecular complexity index is 2860. The maximum atomic E-state index is 11.6. The molecule has 2 heterocycles. The second-order valence-electron chi connectivity index (χ2n) is 15.7. The summed E-state index contributed by atoms with van der Waals surface area (Å²) in [7, 11) is 1.67. The van der Waals surface area contributed by atoms with Gasteiger partial charge in [0, 0.05) is 91.1 Å². The first-order valence-electron chi connectivity index (χ1n) is 21.5. The SMILES string of the molecule is C/N=C/c1cncc(COc2cc(OCc3cccc(-c4cccc(COc5cc(OCc6cncc(C#N)c6)c(CN[C@@H](CO)C(=O)O)cc5Cl)c4C)c3C)c(Cl)cc2CN[C@H](CO)C(=O)O)c1. The molecule has 0 aliphatic rings. The van der Waals surface area contributed by atoms with Gasteiger partial charge in [0.2, 0.25) is 0 Å². The zero-order valence-corrected chi connectivity index (χ0v) is 39.4. The van der Waals surface area contributed by atoms with Gasteiger partial charge in [-0.3, -0.25) is 35.2 Å². The van der Waals surface area contributed by atoms with Crippen LogP contribution in [-0.2, 0) is 49.1 Å². The number of aliphatic hydroxyl groups is 2. The monoisotopic (exact) mass is 976 g/mol. The summed E-state index contributed by atoms with van der Waals surface area (Å²) >= 11 is 13.5. The topological polar surface area (TPSA) is 238 Å². The highest BCUT2D eigenvalue weighted by Crippen LogP contribution is 2.37. The van der Waals surface area contributed by atoms with Crippen molar-refractivity contribution in [2.75, 3.05) is 20.3 Å². The Morgan fingerprint density at radius 2 is 1.13 bits per heavy atom. The van der Waals surface area contributed by atoms with Crippen molar-refractivity contribution in [2.45, 2.75) is 65.4 Å². The molecule has 16 nitrogen and oxygen atoms in total. The summed E-state index contributed by atoms with van der Waals surface area (Å²) in [5, 5.41) is 53.6. The number of nitrogens with zero attached hydrogens (tertiary/aromatic N) is 4. The molecule has 18 heteroatoms. The van der Waals surface area contributed by atoms with E-state index in [0.29, 0.717) is 45.3 Å². The number of hydrogen-bond donors (Lipinski definition) is 6. The van der Waals surface area contributed by atoms with Crippen LogP contribution >= 0.6 is 23.2 Å². The molecule has 69 heavy (non-hydrogen) atoms. The van der Waals surface area contributed by atoms with E-state index in [-0.39, 0.29) is 49.6 Å². The summed E-state index contributed by atoms with van der Waals surface area (Å²) in [5.74, 6) is -1.02. The van der Waals surface area contributed by atoms with Gasteiger partial charge in [0.1, 0.15) is 67.6 Å². The van der Waals surface area contributed by atoms with Gasteiger partial charge in [0.05, 0.1) is 28.8 Å². The lowest BCUT2D eigenvalue weighted by atomic mass is 9.92. The number of carboxylic acid groups (broad SMARTS) is 2. The first kappa shape index (κ1) is 51.3. The number of aliphatic imine (C=N–C) groups is 1. The van der Waals surface area contributed by atoms with Crippen molar-refractivity contribution in [3.05, 3.63) is 163 Å². The molecule has 4 aromatic carbocycles. The van der Waals surface area contributed by atoms with Crippen LogP contribution in [0.3, 0.4) is 0 Å². The van der Waals surface area contributed by atoms with E-state index in [2.05, 4.69) is 31.7 Å². The Morgan fingerprint density at radius 1 is 0.667 bits per heavy atom.